The van der Waals surface area contributed by atoms with Crippen molar-refractivity contribution in [3.63, 3.8) is 0 Å². The van der Waals surface area contributed by atoms with Crippen LogP contribution in [0.3, 0.4) is 0 Å². The first-order chi connectivity index (χ1) is 15.4. The van der Waals surface area contributed by atoms with Gasteiger partial charge < -0.3 is 5.32 Å². The quantitative estimate of drug-likeness (QED) is 0.446. The van der Waals surface area contributed by atoms with Crippen LogP contribution in [0.1, 0.15) is 11.1 Å². The van der Waals surface area contributed by atoms with Crippen LogP contribution in [0.15, 0.2) is 73.2 Å². The molecule has 160 valence electrons. The van der Waals surface area contributed by atoms with Crippen molar-refractivity contribution >= 4 is 27.3 Å². The van der Waals surface area contributed by atoms with Crippen LogP contribution in [0.2, 0.25) is 0 Å². The molecule has 2 aromatic carbocycles. The molecule has 4 aromatic rings. The molecule has 0 saturated heterocycles. The van der Waals surface area contributed by atoms with Crippen molar-refractivity contribution in [1.29, 1.82) is 5.26 Å². The zero-order valence-electron chi connectivity index (χ0n) is 17.1. The molecule has 0 saturated carbocycles. The van der Waals surface area contributed by atoms with E-state index in [-0.39, 0.29) is 5.75 Å². The third kappa shape index (κ3) is 5.27. The molecule has 32 heavy (non-hydrogen) atoms. The molecular formula is C22H19N7O2S. The number of sulfonamides is 1. The molecule has 0 atom stereocenters. The van der Waals surface area contributed by atoms with Gasteiger partial charge in [-0.05, 0) is 35.9 Å². The Morgan fingerprint density at radius 1 is 1.09 bits per heavy atom. The molecule has 0 radical (unpaired) electrons. The first-order valence-electron chi connectivity index (χ1n) is 9.59. The van der Waals surface area contributed by atoms with Crippen LogP contribution in [-0.2, 0) is 22.8 Å². The third-order valence-corrected chi connectivity index (χ3v) is 5.74. The number of aromatic nitrogens is 4. The van der Waals surface area contributed by atoms with Gasteiger partial charge in [0.25, 0.3) is 0 Å². The van der Waals surface area contributed by atoms with Gasteiger partial charge >= 0.3 is 0 Å². The number of rotatable bonds is 7. The number of benzene rings is 2. The number of nitrogens with zero attached hydrogens (tertiary/aromatic N) is 5. The fraction of sp³-hybridized carbons (Fsp3) is 0.0909. The molecule has 0 amide bonds. The van der Waals surface area contributed by atoms with Crippen molar-refractivity contribution in [2.75, 3.05) is 10.0 Å². The van der Waals surface area contributed by atoms with Gasteiger partial charge in [0, 0.05) is 30.7 Å². The Balaban J connectivity index is 1.46. The second kappa shape index (κ2) is 8.87. The number of nitrogens with one attached hydrogen (secondary N) is 2. The largest absolute Gasteiger partial charge is 0.321 e. The van der Waals surface area contributed by atoms with E-state index in [1.54, 1.807) is 71.7 Å². The van der Waals surface area contributed by atoms with Gasteiger partial charge in [0.2, 0.25) is 16.0 Å². The highest BCUT2D eigenvalue weighted by Gasteiger charge is 2.13. The van der Waals surface area contributed by atoms with Crippen LogP contribution in [0.25, 0.3) is 11.3 Å². The summed E-state index contributed by atoms with van der Waals surface area (Å²) >= 11 is 0. The monoisotopic (exact) mass is 445 g/mol. The summed E-state index contributed by atoms with van der Waals surface area (Å²) in [6.07, 6.45) is 5.13. The normalized spacial score (nSPS) is 11.0. The van der Waals surface area contributed by atoms with Crippen LogP contribution in [0.5, 0.6) is 0 Å². The highest BCUT2D eigenvalue weighted by molar-refractivity contribution is 7.91. The van der Waals surface area contributed by atoms with Crippen molar-refractivity contribution in [3.05, 3.63) is 84.3 Å². The minimum Gasteiger partial charge on any atom is -0.321 e. The summed E-state index contributed by atoms with van der Waals surface area (Å²) in [5, 5.41) is 16.2. The highest BCUT2D eigenvalue weighted by atomic mass is 32.2. The summed E-state index contributed by atoms with van der Waals surface area (Å²) in [4.78, 5) is 8.72. The molecule has 0 bridgehead atoms. The maximum atomic E-state index is 12.5. The van der Waals surface area contributed by atoms with Gasteiger partial charge in [0.05, 0.1) is 35.0 Å². The molecule has 0 spiro atoms. The van der Waals surface area contributed by atoms with E-state index >= 15 is 0 Å². The van der Waals surface area contributed by atoms with E-state index in [0.717, 1.165) is 11.3 Å². The Kier molecular flexibility index (Phi) is 5.83. The zero-order valence-corrected chi connectivity index (χ0v) is 17.9. The van der Waals surface area contributed by atoms with E-state index in [1.807, 2.05) is 19.3 Å². The summed E-state index contributed by atoms with van der Waals surface area (Å²) in [5.74, 6) is 0.208. The molecule has 2 N–H and O–H groups in total. The maximum absolute atomic E-state index is 12.5. The minimum absolute atomic E-state index is 0.223. The summed E-state index contributed by atoms with van der Waals surface area (Å²) in [7, 11) is -1.81. The van der Waals surface area contributed by atoms with E-state index in [4.69, 9.17) is 5.26 Å². The van der Waals surface area contributed by atoms with Gasteiger partial charge in [-0.15, -0.1) is 0 Å². The van der Waals surface area contributed by atoms with Gasteiger partial charge in [-0.2, -0.15) is 10.4 Å². The van der Waals surface area contributed by atoms with E-state index in [1.165, 1.54) is 0 Å². The molecule has 0 aliphatic rings. The average molecular weight is 446 g/mol. The lowest BCUT2D eigenvalue weighted by molar-refractivity contribution is 0.600. The SMILES string of the molecule is Cn1cc(Nc2nccc(-c3ccc(NS(=O)(=O)Cc4cccc(C#N)c4)cc3)n2)cn1. The van der Waals surface area contributed by atoms with Crippen molar-refractivity contribution < 1.29 is 8.42 Å². The highest BCUT2D eigenvalue weighted by Crippen LogP contribution is 2.22. The standard InChI is InChI=1S/C22H19N7O2S/c1-29-14-20(13-25-29)26-22-24-10-9-21(27-22)18-5-7-19(8-6-18)28-32(30,31)15-17-4-2-3-16(11-17)12-23/h2-11,13-14,28H,15H2,1H3,(H,24,26,27). The van der Waals surface area contributed by atoms with Gasteiger partial charge in [0.1, 0.15) is 0 Å². The predicted octanol–water partition coefficient (Wildman–Crippen LogP) is 3.43. The van der Waals surface area contributed by atoms with Crippen LogP contribution in [0.4, 0.5) is 17.3 Å². The van der Waals surface area contributed by atoms with Crippen molar-refractivity contribution in [2.45, 2.75) is 5.75 Å². The molecule has 10 heteroatoms. The van der Waals surface area contributed by atoms with Crippen LogP contribution in [0, 0.1) is 11.3 Å². The minimum atomic E-state index is -3.63. The van der Waals surface area contributed by atoms with Crippen molar-refractivity contribution in [3.8, 4) is 17.3 Å². The molecule has 2 aromatic heterocycles. The van der Waals surface area contributed by atoms with E-state index in [2.05, 4.69) is 25.1 Å². The second-order valence-corrected chi connectivity index (χ2v) is 8.77. The lowest BCUT2D eigenvalue weighted by Crippen LogP contribution is -2.15. The Hall–Kier alpha value is -4.23. The molecule has 0 unspecified atom stereocenters. The number of hydrogen-bond acceptors (Lipinski definition) is 7. The molecule has 0 aliphatic heterocycles. The Bertz CT molecular complexity index is 1390. The molecular weight excluding hydrogens is 426 g/mol. The first kappa shape index (κ1) is 21.0. The number of nitriles is 1. The number of aryl methyl sites for hydroxylation is 1. The Morgan fingerprint density at radius 2 is 1.91 bits per heavy atom. The van der Waals surface area contributed by atoms with E-state index in [0.29, 0.717) is 28.5 Å². The zero-order chi connectivity index (χ0) is 22.6. The smallest absolute Gasteiger partial charge is 0.236 e. The number of hydrogen-bond donors (Lipinski definition) is 2. The van der Waals surface area contributed by atoms with E-state index in [9.17, 15) is 8.42 Å². The van der Waals surface area contributed by atoms with Crippen LogP contribution < -0.4 is 10.0 Å². The molecule has 2 heterocycles. The topological polar surface area (TPSA) is 126 Å². The lowest BCUT2D eigenvalue weighted by Gasteiger charge is -2.09. The van der Waals surface area contributed by atoms with Crippen molar-refractivity contribution in [1.82, 2.24) is 19.7 Å². The van der Waals surface area contributed by atoms with E-state index < -0.39 is 10.0 Å². The van der Waals surface area contributed by atoms with Gasteiger partial charge in [0.15, 0.2) is 0 Å². The summed E-state index contributed by atoms with van der Waals surface area (Å²) < 4.78 is 29.3. The summed E-state index contributed by atoms with van der Waals surface area (Å²) in [5.41, 5.74) is 3.68. The Morgan fingerprint density at radius 3 is 2.62 bits per heavy atom. The van der Waals surface area contributed by atoms with Gasteiger partial charge in [-0.1, -0.05) is 24.3 Å². The summed E-state index contributed by atoms with van der Waals surface area (Å²) in [6, 6.07) is 17.2. The van der Waals surface area contributed by atoms with Gasteiger partial charge in [-0.25, -0.2) is 18.4 Å². The number of anilines is 3. The predicted molar refractivity (Wildman–Crippen MR) is 121 cm³/mol. The fourth-order valence-corrected chi connectivity index (χ4v) is 4.26. The molecule has 0 aliphatic carbocycles. The lowest BCUT2D eigenvalue weighted by atomic mass is 10.1. The Labute approximate surface area is 185 Å². The molecule has 4 rings (SSSR count). The van der Waals surface area contributed by atoms with Crippen LogP contribution in [-0.4, -0.2) is 28.2 Å². The van der Waals surface area contributed by atoms with Crippen molar-refractivity contribution in [2.24, 2.45) is 7.05 Å². The molecule has 0 fully saturated rings. The third-order valence-electron chi connectivity index (χ3n) is 4.48. The van der Waals surface area contributed by atoms with Gasteiger partial charge in [-0.3, -0.25) is 9.40 Å². The first-order valence-corrected chi connectivity index (χ1v) is 11.2. The maximum Gasteiger partial charge on any atom is 0.236 e. The fourth-order valence-electron chi connectivity index (χ4n) is 3.07. The van der Waals surface area contributed by atoms with Crippen LogP contribution >= 0.6 is 0 Å². The second-order valence-electron chi connectivity index (χ2n) is 7.04. The summed E-state index contributed by atoms with van der Waals surface area (Å²) in [6.45, 7) is 0. The molecule has 9 nitrogen and oxygen atoms in total. The average Bonchev–Trinajstić information content (AvgIpc) is 3.18.